The molecule has 11 heteroatoms. The number of alkyl halides is 1. The molecule has 10 nitrogen and oxygen atoms in total. The van der Waals surface area contributed by atoms with Crippen molar-refractivity contribution >= 4 is 23.9 Å². The smallest absolute Gasteiger partial charge is 0.349 e. The van der Waals surface area contributed by atoms with E-state index in [4.69, 9.17) is 14.6 Å². The van der Waals surface area contributed by atoms with E-state index in [-0.39, 0.29) is 11.1 Å². The highest BCUT2D eigenvalue weighted by Gasteiger charge is 2.36. The molecule has 1 aliphatic heterocycles. The molecule has 0 radical (unpaired) electrons. The number of aliphatic carboxylic acids is 2. The average molecular weight is 463 g/mol. The van der Waals surface area contributed by atoms with Gasteiger partial charge < -0.3 is 34.9 Å². The molecule has 176 valence electrons. The van der Waals surface area contributed by atoms with Crippen molar-refractivity contribution in [2.75, 3.05) is 13.1 Å². The predicted octanol–water partition coefficient (Wildman–Crippen LogP) is -1.47. The van der Waals surface area contributed by atoms with Crippen LogP contribution in [0.3, 0.4) is 0 Å². The highest BCUT2D eigenvalue weighted by molar-refractivity contribution is 5.95. The summed E-state index contributed by atoms with van der Waals surface area (Å²) < 4.78 is 21.5. The van der Waals surface area contributed by atoms with Crippen LogP contribution in [0.15, 0.2) is 60.7 Å². The van der Waals surface area contributed by atoms with E-state index in [1.165, 1.54) is 48.5 Å². The van der Waals surface area contributed by atoms with Gasteiger partial charge in [0.05, 0.1) is 17.1 Å². The number of aliphatic hydroxyl groups excluding tert-OH is 1. The van der Waals surface area contributed by atoms with Crippen molar-refractivity contribution < 1.29 is 53.7 Å². The number of rotatable bonds is 7. The molecule has 4 atom stereocenters. The number of esters is 2. The Morgan fingerprint density at radius 3 is 1.64 bits per heavy atom. The molecular weight excluding hydrogens is 441 g/mol. The van der Waals surface area contributed by atoms with Gasteiger partial charge in [0.25, 0.3) is 0 Å². The van der Waals surface area contributed by atoms with Crippen LogP contribution in [0.25, 0.3) is 0 Å². The lowest BCUT2D eigenvalue weighted by atomic mass is 10.1. The zero-order valence-corrected chi connectivity index (χ0v) is 17.2. The molecule has 0 unspecified atom stereocenters. The summed E-state index contributed by atoms with van der Waals surface area (Å²) in [5, 5.41) is 30.9. The number of quaternary nitrogens is 1. The van der Waals surface area contributed by atoms with Gasteiger partial charge >= 0.3 is 17.9 Å². The first-order chi connectivity index (χ1) is 15.7. The molecule has 4 N–H and O–H groups in total. The third-order valence-corrected chi connectivity index (χ3v) is 4.46. The monoisotopic (exact) mass is 463 g/mol. The van der Waals surface area contributed by atoms with Crippen LogP contribution in [-0.4, -0.2) is 71.7 Å². The van der Waals surface area contributed by atoms with E-state index in [1.807, 2.05) is 0 Å². The summed E-state index contributed by atoms with van der Waals surface area (Å²) in [7, 11) is 0. The zero-order valence-electron chi connectivity index (χ0n) is 17.2. The summed E-state index contributed by atoms with van der Waals surface area (Å²) in [4.78, 5) is 46.7. The average Bonchev–Trinajstić information content (AvgIpc) is 3.19. The third-order valence-electron chi connectivity index (χ3n) is 4.46. The van der Waals surface area contributed by atoms with E-state index < -0.39 is 48.4 Å². The Balaban J connectivity index is 0.000000468. The molecule has 1 aliphatic rings. The van der Waals surface area contributed by atoms with E-state index >= 15 is 0 Å². The summed E-state index contributed by atoms with van der Waals surface area (Å²) in [5.74, 6) is -5.99. The number of halogens is 1. The molecule has 0 spiro atoms. The Morgan fingerprint density at radius 1 is 0.879 bits per heavy atom. The third kappa shape index (κ3) is 7.66. The van der Waals surface area contributed by atoms with Gasteiger partial charge in [0.15, 0.2) is 12.3 Å². The van der Waals surface area contributed by atoms with Crippen LogP contribution >= 0.6 is 0 Å². The molecule has 2 aromatic rings. The fraction of sp³-hybridized carbons (Fsp3) is 0.273. The van der Waals surface area contributed by atoms with Gasteiger partial charge in [-0.05, 0) is 24.3 Å². The standard InChI is InChI=1S/C18H14O8.C4H8FNO/c19-15(20)13(25-17(23)11-7-3-1-4-8-11)14(16(21)22)26-18(24)12-9-5-2-6-10-12;5-3-1-6-2-4(3)7/h1-10,13-14H,(H,19,20)(H,21,22);3-4,6-7H,1-2H2/t13-,14-;3-,4-/m01/s1. The molecule has 1 saturated heterocycles. The van der Waals surface area contributed by atoms with E-state index in [2.05, 4.69) is 0 Å². The molecule has 1 fully saturated rings. The Kier molecular flexibility index (Phi) is 9.45. The molecule has 0 saturated carbocycles. The molecule has 0 aliphatic carbocycles. The minimum absolute atomic E-state index is 0.00252. The number of carboxylic acids is 2. The molecule has 0 aromatic heterocycles. The van der Waals surface area contributed by atoms with Crippen LogP contribution < -0.4 is 10.4 Å². The highest BCUT2D eigenvalue weighted by atomic mass is 19.1. The van der Waals surface area contributed by atoms with Crippen LogP contribution in [0.2, 0.25) is 0 Å². The van der Waals surface area contributed by atoms with Crippen molar-refractivity contribution in [1.82, 2.24) is 0 Å². The summed E-state index contributed by atoms with van der Waals surface area (Å²) in [6.45, 7) is 0.961. The van der Waals surface area contributed by atoms with Crippen LogP contribution in [0.5, 0.6) is 0 Å². The maximum atomic E-state index is 12.0. The Hall–Kier alpha value is -3.83. The maximum Gasteiger partial charge on any atom is 0.349 e. The first kappa shape index (κ1) is 25.4. The Morgan fingerprint density at radius 2 is 1.33 bits per heavy atom. The van der Waals surface area contributed by atoms with Crippen molar-refractivity contribution in [3.05, 3.63) is 71.8 Å². The number of hydrogen-bond donors (Lipinski definition) is 3. The summed E-state index contributed by atoms with van der Waals surface area (Å²) in [5.41, 5.74) is 0.00232. The first-order valence-electron chi connectivity index (χ1n) is 9.80. The fourth-order valence-electron chi connectivity index (χ4n) is 2.72. The van der Waals surface area contributed by atoms with Gasteiger partial charge in [-0.1, -0.05) is 36.4 Å². The second-order valence-corrected chi connectivity index (χ2v) is 6.88. The van der Waals surface area contributed by atoms with Gasteiger partial charge in [0, 0.05) is 0 Å². The summed E-state index contributed by atoms with van der Waals surface area (Å²) in [6, 6.07) is 14.7. The van der Waals surface area contributed by atoms with Gasteiger partial charge in [0.2, 0.25) is 6.10 Å². The highest BCUT2D eigenvalue weighted by Crippen LogP contribution is 2.12. The lowest BCUT2D eigenvalue weighted by molar-refractivity contribution is -0.640. The molecule has 0 bridgehead atoms. The Labute approximate surface area is 187 Å². The second kappa shape index (κ2) is 12.3. The molecule has 0 amide bonds. The minimum atomic E-state index is -2.33. The van der Waals surface area contributed by atoms with Crippen molar-refractivity contribution in [2.45, 2.75) is 24.5 Å². The van der Waals surface area contributed by atoms with E-state index in [0.717, 1.165) is 0 Å². The van der Waals surface area contributed by atoms with Gasteiger partial charge in [0.1, 0.15) is 19.2 Å². The number of benzene rings is 2. The van der Waals surface area contributed by atoms with Crippen molar-refractivity contribution in [3.8, 4) is 0 Å². The van der Waals surface area contributed by atoms with Crippen molar-refractivity contribution in [3.63, 3.8) is 0 Å². The Bertz CT molecular complexity index is 877. The van der Waals surface area contributed by atoms with Crippen molar-refractivity contribution in [1.29, 1.82) is 0 Å². The van der Waals surface area contributed by atoms with Gasteiger partial charge in [-0.3, -0.25) is 0 Å². The minimum Gasteiger partial charge on any atom is -0.546 e. The molecular formula is C22H22FNO9. The molecule has 1 heterocycles. The fourth-order valence-corrected chi connectivity index (χ4v) is 2.72. The lowest BCUT2D eigenvalue weighted by Crippen LogP contribution is -2.82. The molecule has 3 rings (SSSR count). The van der Waals surface area contributed by atoms with Gasteiger partial charge in [-0.25, -0.2) is 18.8 Å². The normalized spacial score (nSPS) is 18.7. The molecule has 2 aromatic carbocycles. The topological polar surface area (TPSA) is 167 Å². The van der Waals surface area contributed by atoms with E-state index in [1.54, 1.807) is 17.4 Å². The number of aliphatic hydroxyl groups is 1. The van der Waals surface area contributed by atoms with Crippen LogP contribution in [0, 0.1) is 0 Å². The largest absolute Gasteiger partial charge is 0.546 e. The van der Waals surface area contributed by atoms with E-state index in [9.17, 15) is 33.8 Å². The number of hydrogen-bond acceptors (Lipinski definition) is 8. The SMILES string of the molecule is O=C(O[C@H](C(=O)[O-])[C@H](OC(=O)c1ccccc1)C(=O)O)c1ccccc1.O[C@@H]1C[NH2+]C[C@H]1F. The lowest BCUT2D eigenvalue weighted by Gasteiger charge is -2.24. The number of carbonyl (C=O) groups excluding carboxylic acids is 3. The van der Waals surface area contributed by atoms with Crippen LogP contribution in [0.1, 0.15) is 20.7 Å². The van der Waals surface area contributed by atoms with Gasteiger partial charge in [-0.15, -0.1) is 0 Å². The number of carbonyl (C=O) groups is 4. The maximum absolute atomic E-state index is 12.0. The quantitative estimate of drug-likeness (QED) is 0.416. The van der Waals surface area contributed by atoms with E-state index in [0.29, 0.717) is 13.1 Å². The number of nitrogens with two attached hydrogens (primary N) is 1. The zero-order chi connectivity index (χ0) is 24.4. The second-order valence-electron chi connectivity index (χ2n) is 6.88. The summed E-state index contributed by atoms with van der Waals surface area (Å²) in [6.07, 6.45) is -6.30. The number of carboxylic acid groups (broad SMARTS) is 2. The van der Waals surface area contributed by atoms with Crippen molar-refractivity contribution in [2.24, 2.45) is 0 Å². The van der Waals surface area contributed by atoms with Crippen LogP contribution in [-0.2, 0) is 19.1 Å². The van der Waals surface area contributed by atoms with Crippen LogP contribution in [0.4, 0.5) is 4.39 Å². The van der Waals surface area contributed by atoms with Gasteiger partial charge in [-0.2, -0.15) is 0 Å². The molecule has 33 heavy (non-hydrogen) atoms. The number of ether oxygens (including phenoxy) is 2. The predicted molar refractivity (Wildman–Crippen MR) is 106 cm³/mol. The summed E-state index contributed by atoms with van der Waals surface area (Å²) >= 11 is 0. The first-order valence-corrected chi connectivity index (χ1v) is 9.80.